The van der Waals surface area contributed by atoms with Crippen LogP contribution in [0.3, 0.4) is 0 Å². The van der Waals surface area contributed by atoms with Crippen molar-refractivity contribution < 1.29 is 13.2 Å². The molecule has 17 heavy (non-hydrogen) atoms. The molecular weight excluding hydrogens is 229 g/mol. The van der Waals surface area contributed by atoms with Gasteiger partial charge in [0.25, 0.3) is 0 Å². The number of nitrogens with zero attached hydrogens (tertiary/aromatic N) is 1. The number of hydrogen-bond acceptors (Lipinski definition) is 2. The Hall–Kier alpha value is -0.760. The van der Waals surface area contributed by atoms with Crippen molar-refractivity contribution in [2.75, 3.05) is 6.54 Å². The Bertz CT molecular complexity index is 281. The largest absolute Gasteiger partial charge is 0.405 e. The van der Waals surface area contributed by atoms with Gasteiger partial charge in [0.15, 0.2) is 5.92 Å². The number of hydrogen-bond donors (Lipinski definition) is 1. The minimum absolute atomic E-state index is 0.126. The van der Waals surface area contributed by atoms with Crippen molar-refractivity contribution in [3.8, 4) is 6.07 Å². The highest BCUT2D eigenvalue weighted by atomic mass is 19.4. The van der Waals surface area contributed by atoms with Crippen LogP contribution in [0.5, 0.6) is 0 Å². The van der Waals surface area contributed by atoms with E-state index in [0.717, 1.165) is 25.7 Å². The Morgan fingerprint density at radius 3 is 2.29 bits per heavy atom. The van der Waals surface area contributed by atoms with Crippen LogP contribution in [0.1, 0.15) is 39.5 Å². The number of alkyl halides is 3. The fraction of sp³-hybridized carbons (Fsp3) is 0.917. The van der Waals surface area contributed by atoms with Crippen molar-refractivity contribution in [3.63, 3.8) is 0 Å². The lowest BCUT2D eigenvalue weighted by molar-refractivity contribution is -0.158. The lowest BCUT2D eigenvalue weighted by Crippen LogP contribution is -2.41. The Labute approximate surface area is 100 Å². The molecule has 1 atom stereocenters. The van der Waals surface area contributed by atoms with Crippen LogP contribution in [-0.2, 0) is 0 Å². The van der Waals surface area contributed by atoms with Gasteiger partial charge in [-0.15, -0.1) is 0 Å². The third kappa shape index (κ3) is 4.55. The summed E-state index contributed by atoms with van der Waals surface area (Å²) in [6, 6.07) is 1.44. The smallest absolute Gasteiger partial charge is 0.312 e. The molecule has 0 aromatic heterocycles. The van der Waals surface area contributed by atoms with Gasteiger partial charge >= 0.3 is 6.18 Å². The highest BCUT2D eigenvalue weighted by molar-refractivity contribution is 4.91. The molecule has 1 unspecified atom stereocenters. The van der Waals surface area contributed by atoms with E-state index in [1.165, 1.54) is 6.07 Å². The molecule has 1 rings (SSSR count). The minimum Gasteiger partial charge on any atom is -0.312 e. The average molecular weight is 248 g/mol. The molecule has 0 heterocycles. The third-order valence-corrected chi connectivity index (χ3v) is 3.50. The lowest BCUT2D eigenvalue weighted by Gasteiger charge is -2.35. The van der Waals surface area contributed by atoms with Crippen LogP contribution < -0.4 is 5.32 Å². The molecule has 1 fully saturated rings. The lowest BCUT2D eigenvalue weighted by atomic mass is 9.75. The predicted octanol–water partition coefficient (Wildman–Crippen LogP) is 3.25. The fourth-order valence-corrected chi connectivity index (χ4v) is 2.12. The van der Waals surface area contributed by atoms with E-state index in [1.54, 1.807) is 0 Å². The molecule has 0 aromatic rings. The van der Waals surface area contributed by atoms with Gasteiger partial charge in [-0.25, -0.2) is 0 Å². The molecule has 5 heteroatoms. The molecule has 98 valence electrons. The van der Waals surface area contributed by atoms with Crippen molar-refractivity contribution >= 4 is 0 Å². The normalized spacial score (nSPS) is 23.1. The summed E-state index contributed by atoms with van der Waals surface area (Å²) in [7, 11) is 0. The number of rotatable bonds is 3. The first-order chi connectivity index (χ1) is 7.74. The molecule has 0 spiro atoms. The Balaban J connectivity index is 2.35. The molecule has 2 nitrogen and oxygen atoms in total. The monoisotopic (exact) mass is 248 g/mol. The summed E-state index contributed by atoms with van der Waals surface area (Å²) in [5.74, 6) is -1.89. The van der Waals surface area contributed by atoms with E-state index in [0.29, 0.717) is 5.41 Å². The van der Waals surface area contributed by atoms with E-state index >= 15 is 0 Å². The van der Waals surface area contributed by atoms with Gasteiger partial charge in [-0.3, -0.25) is 0 Å². The highest BCUT2D eigenvalue weighted by Gasteiger charge is 2.40. The van der Waals surface area contributed by atoms with Crippen molar-refractivity contribution in [3.05, 3.63) is 0 Å². The fourth-order valence-electron chi connectivity index (χ4n) is 2.12. The van der Waals surface area contributed by atoms with Crippen LogP contribution >= 0.6 is 0 Å². The molecule has 1 N–H and O–H groups in total. The van der Waals surface area contributed by atoms with Gasteiger partial charge in [0.1, 0.15) is 0 Å². The maximum absolute atomic E-state index is 12.3. The van der Waals surface area contributed by atoms with Crippen LogP contribution in [0.4, 0.5) is 13.2 Å². The number of halogens is 3. The maximum atomic E-state index is 12.3. The van der Waals surface area contributed by atoms with Crippen molar-refractivity contribution in [2.24, 2.45) is 11.3 Å². The van der Waals surface area contributed by atoms with E-state index in [2.05, 4.69) is 19.2 Å². The van der Waals surface area contributed by atoms with E-state index < -0.39 is 12.1 Å². The summed E-state index contributed by atoms with van der Waals surface area (Å²) in [6.07, 6.45) is -0.594. The molecule has 1 aliphatic rings. The zero-order valence-electron chi connectivity index (χ0n) is 10.3. The van der Waals surface area contributed by atoms with Crippen LogP contribution in [0.15, 0.2) is 0 Å². The number of nitriles is 1. The molecule has 0 aliphatic heterocycles. The van der Waals surface area contributed by atoms with Gasteiger partial charge in [-0.2, -0.15) is 18.4 Å². The summed E-state index contributed by atoms with van der Waals surface area (Å²) in [4.78, 5) is 0. The summed E-state index contributed by atoms with van der Waals surface area (Å²) in [5.41, 5.74) is 0.302. The standard InChI is InChI=1S/C12H19F3N2/c1-11(2)5-3-10(4-6-11)17-8-9(7-16)12(13,14)15/h9-10,17H,3-6,8H2,1-2H3. The van der Waals surface area contributed by atoms with E-state index in [4.69, 9.17) is 5.26 Å². The maximum Gasteiger partial charge on any atom is 0.405 e. The van der Waals surface area contributed by atoms with Gasteiger partial charge in [-0.05, 0) is 31.1 Å². The van der Waals surface area contributed by atoms with Crippen molar-refractivity contribution in [1.29, 1.82) is 5.26 Å². The first-order valence-corrected chi connectivity index (χ1v) is 5.94. The molecule has 0 aromatic carbocycles. The predicted molar refractivity (Wildman–Crippen MR) is 59.2 cm³/mol. The Morgan fingerprint density at radius 2 is 1.88 bits per heavy atom. The molecule has 0 bridgehead atoms. The van der Waals surface area contributed by atoms with E-state index in [1.807, 2.05) is 0 Å². The second-order valence-electron chi connectivity index (χ2n) is 5.57. The average Bonchev–Trinajstić information content (AvgIpc) is 2.19. The first-order valence-electron chi connectivity index (χ1n) is 5.94. The zero-order chi connectivity index (χ0) is 13.1. The van der Waals surface area contributed by atoms with Crippen LogP contribution in [-0.4, -0.2) is 18.8 Å². The molecule has 0 radical (unpaired) electrons. The molecular formula is C12H19F3N2. The quantitative estimate of drug-likeness (QED) is 0.832. The van der Waals surface area contributed by atoms with Gasteiger partial charge in [0, 0.05) is 12.6 Å². The topological polar surface area (TPSA) is 35.8 Å². The zero-order valence-corrected chi connectivity index (χ0v) is 10.3. The summed E-state index contributed by atoms with van der Waals surface area (Å²) >= 11 is 0. The van der Waals surface area contributed by atoms with Gasteiger partial charge in [0.05, 0.1) is 6.07 Å². The molecule has 1 aliphatic carbocycles. The summed E-state index contributed by atoms with van der Waals surface area (Å²) in [5, 5.41) is 11.3. The molecule has 1 saturated carbocycles. The van der Waals surface area contributed by atoms with Gasteiger partial charge in [-0.1, -0.05) is 13.8 Å². The van der Waals surface area contributed by atoms with Crippen molar-refractivity contribution in [1.82, 2.24) is 5.32 Å². The second kappa shape index (κ2) is 5.26. The van der Waals surface area contributed by atoms with Gasteiger partial charge < -0.3 is 5.32 Å². The van der Waals surface area contributed by atoms with Crippen LogP contribution in [0, 0.1) is 22.7 Å². The first kappa shape index (κ1) is 14.3. The summed E-state index contributed by atoms with van der Waals surface area (Å²) < 4.78 is 37.0. The Kier molecular flexibility index (Phi) is 4.42. The molecule has 0 saturated heterocycles. The van der Waals surface area contributed by atoms with E-state index in [-0.39, 0.29) is 12.6 Å². The molecule has 0 amide bonds. The van der Waals surface area contributed by atoms with Crippen LogP contribution in [0.2, 0.25) is 0 Å². The Morgan fingerprint density at radius 1 is 1.35 bits per heavy atom. The second-order valence-corrected chi connectivity index (χ2v) is 5.57. The number of nitrogens with one attached hydrogen (secondary N) is 1. The van der Waals surface area contributed by atoms with Crippen molar-refractivity contribution in [2.45, 2.75) is 51.7 Å². The summed E-state index contributed by atoms with van der Waals surface area (Å²) in [6.45, 7) is 4.07. The minimum atomic E-state index is -4.42. The van der Waals surface area contributed by atoms with Gasteiger partial charge in [0.2, 0.25) is 0 Å². The SMILES string of the molecule is CC1(C)CCC(NCC(C#N)C(F)(F)F)CC1. The highest BCUT2D eigenvalue weighted by Crippen LogP contribution is 2.35. The van der Waals surface area contributed by atoms with E-state index in [9.17, 15) is 13.2 Å². The third-order valence-electron chi connectivity index (χ3n) is 3.50. The van der Waals surface area contributed by atoms with Crippen LogP contribution in [0.25, 0.3) is 0 Å².